The number of nitrogens with two attached hydrogens (primary N) is 2. The van der Waals surface area contributed by atoms with Crippen molar-refractivity contribution >= 4 is 33.6 Å². The Bertz CT molecular complexity index is 1220. The number of rotatable bonds is 15. The summed E-state index contributed by atoms with van der Waals surface area (Å²) in [4.78, 5) is 37.6. The highest BCUT2D eigenvalue weighted by molar-refractivity contribution is 7.88. The molecule has 0 saturated carbocycles. The lowest BCUT2D eigenvalue weighted by Gasteiger charge is -2.26. The van der Waals surface area contributed by atoms with Gasteiger partial charge in [0, 0.05) is 18.5 Å². The summed E-state index contributed by atoms with van der Waals surface area (Å²) in [5.41, 5.74) is 12.6. The molecular weight excluding hydrogens is 508 g/mol. The summed E-state index contributed by atoms with van der Waals surface area (Å²) in [6.07, 6.45) is 0.292. The summed E-state index contributed by atoms with van der Waals surface area (Å²) >= 11 is 0. The molecule has 0 spiro atoms. The Labute approximate surface area is 223 Å². The van der Waals surface area contributed by atoms with Crippen LogP contribution in [0.1, 0.15) is 49.8 Å². The lowest BCUT2D eigenvalue weighted by atomic mass is 9.98. The molecule has 0 aromatic heterocycles. The number of amides is 3. The summed E-state index contributed by atoms with van der Waals surface area (Å²) in [7, 11) is -3.88. The lowest BCUT2D eigenvalue weighted by molar-refractivity contribution is -0.131. The van der Waals surface area contributed by atoms with E-state index in [1.807, 2.05) is 6.92 Å². The highest BCUT2D eigenvalue weighted by Gasteiger charge is 2.32. The molecule has 8 N–H and O–H groups in total. The summed E-state index contributed by atoms with van der Waals surface area (Å²) in [5.74, 6) is -2.62. The Balaban J connectivity index is 2.13. The topological polar surface area (TPSA) is 197 Å². The van der Waals surface area contributed by atoms with Gasteiger partial charge in [0.1, 0.15) is 17.9 Å². The third-order valence-electron chi connectivity index (χ3n) is 6.05. The first kappa shape index (κ1) is 30.5. The number of nitrogen functional groups attached to an aromatic ring is 1. The van der Waals surface area contributed by atoms with Gasteiger partial charge in [0.25, 0.3) is 0 Å². The van der Waals surface area contributed by atoms with E-state index in [1.165, 1.54) is 0 Å². The van der Waals surface area contributed by atoms with Gasteiger partial charge < -0.3 is 22.1 Å². The van der Waals surface area contributed by atoms with Crippen LogP contribution in [0.5, 0.6) is 0 Å². The molecule has 0 aliphatic rings. The monoisotopic (exact) mass is 544 g/mol. The normalized spacial score (nSPS) is 13.6. The van der Waals surface area contributed by atoms with Crippen LogP contribution in [0, 0.1) is 11.3 Å². The van der Waals surface area contributed by atoms with Crippen LogP contribution < -0.4 is 26.8 Å². The number of primary amides is 1. The largest absolute Gasteiger partial charge is 0.384 e. The molecule has 3 amide bonds. The maximum Gasteiger partial charge on any atom is 0.242 e. The first-order chi connectivity index (χ1) is 17.9. The SMILES string of the molecule is CC[C@H](C)[C@@H](NS(=O)(=O)Cc1ccccc1)C(=O)N[C@@H](CCC(N)=O)C(=O)NCc1ccc(C(=N)N)cc1. The zero-order chi connectivity index (χ0) is 28.3. The fourth-order valence-electron chi connectivity index (χ4n) is 3.62. The number of benzene rings is 2. The van der Waals surface area contributed by atoms with E-state index < -0.39 is 39.8 Å². The van der Waals surface area contributed by atoms with Crippen molar-refractivity contribution in [2.75, 3.05) is 0 Å². The molecule has 0 saturated heterocycles. The Morgan fingerprint density at radius 2 is 1.58 bits per heavy atom. The highest BCUT2D eigenvalue weighted by atomic mass is 32.2. The molecule has 0 heterocycles. The molecule has 0 aliphatic carbocycles. The summed E-state index contributed by atoms with van der Waals surface area (Å²) in [6, 6.07) is 13.0. The Kier molecular flexibility index (Phi) is 11.4. The Morgan fingerprint density at radius 3 is 2.13 bits per heavy atom. The van der Waals surface area contributed by atoms with Crippen molar-refractivity contribution in [1.29, 1.82) is 5.41 Å². The minimum absolute atomic E-state index is 0.0554. The molecule has 206 valence electrons. The summed E-state index contributed by atoms with van der Waals surface area (Å²) in [6.45, 7) is 3.68. The number of hydrogen-bond acceptors (Lipinski definition) is 6. The van der Waals surface area contributed by atoms with Crippen LogP contribution >= 0.6 is 0 Å². The molecule has 0 bridgehead atoms. The molecule has 2 aromatic carbocycles. The third-order valence-corrected chi connectivity index (χ3v) is 7.37. The van der Waals surface area contributed by atoms with Crippen LogP contribution in [-0.2, 0) is 36.7 Å². The van der Waals surface area contributed by atoms with Crippen molar-refractivity contribution in [2.24, 2.45) is 17.4 Å². The Morgan fingerprint density at radius 1 is 0.947 bits per heavy atom. The quantitative estimate of drug-likeness (QED) is 0.142. The van der Waals surface area contributed by atoms with Crippen molar-refractivity contribution in [1.82, 2.24) is 15.4 Å². The fraction of sp³-hybridized carbons (Fsp3) is 0.385. The zero-order valence-corrected chi connectivity index (χ0v) is 22.4. The van der Waals surface area contributed by atoms with Crippen LogP contribution in [0.2, 0.25) is 0 Å². The second-order valence-corrected chi connectivity index (χ2v) is 10.9. The lowest BCUT2D eigenvalue weighted by Crippen LogP contribution is -2.55. The van der Waals surface area contributed by atoms with E-state index in [1.54, 1.807) is 61.5 Å². The van der Waals surface area contributed by atoms with Crippen molar-refractivity contribution in [3.05, 3.63) is 71.3 Å². The van der Waals surface area contributed by atoms with Gasteiger partial charge in [-0.05, 0) is 23.5 Å². The number of amidine groups is 1. The van der Waals surface area contributed by atoms with Crippen LogP contribution in [0.4, 0.5) is 0 Å². The second-order valence-electron chi connectivity index (χ2n) is 9.12. The number of carbonyl (C=O) groups excluding carboxylic acids is 3. The van der Waals surface area contributed by atoms with Crippen LogP contribution in [0.25, 0.3) is 0 Å². The van der Waals surface area contributed by atoms with Crippen molar-refractivity contribution < 1.29 is 22.8 Å². The highest BCUT2D eigenvalue weighted by Crippen LogP contribution is 2.13. The van der Waals surface area contributed by atoms with E-state index in [9.17, 15) is 22.8 Å². The average molecular weight is 545 g/mol. The van der Waals surface area contributed by atoms with Crippen molar-refractivity contribution in [2.45, 2.75) is 57.5 Å². The minimum Gasteiger partial charge on any atom is -0.384 e. The maximum atomic E-state index is 13.2. The molecule has 11 nitrogen and oxygen atoms in total. The van der Waals surface area contributed by atoms with Crippen LogP contribution in [0.3, 0.4) is 0 Å². The first-order valence-corrected chi connectivity index (χ1v) is 13.9. The zero-order valence-electron chi connectivity index (χ0n) is 21.6. The first-order valence-electron chi connectivity index (χ1n) is 12.3. The molecule has 2 rings (SSSR count). The number of carbonyl (C=O) groups is 3. The van der Waals surface area contributed by atoms with Gasteiger partial charge in [-0.25, -0.2) is 13.1 Å². The van der Waals surface area contributed by atoms with E-state index in [-0.39, 0.29) is 36.9 Å². The van der Waals surface area contributed by atoms with Gasteiger partial charge in [0.2, 0.25) is 27.7 Å². The maximum absolute atomic E-state index is 13.2. The third kappa shape index (κ3) is 9.94. The van der Waals surface area contributed by atoms with Gasteiger partial charge in [0.15, 0.2) is 0 Å². The van der Waals surface area contributed by atoms with Crippen molar-refractivity contribution in [3.8, 4) is 0 Å². The molecule has 0 aliphatic heterocycles. The molecule has 0 fully saturated rings. The molecule has 38 heavy (non-hydrogen) atoms. The molecule has 0 unspecified atom stereocenters. The molecule has 12 heteroatoms. The summed E-state index contributed by atoms with van der Waals surface area (Å²) < 4.78 is 28.2. The average Bonchev–Trinajstić information content (AvgIpc) is 2.88. The smallest absolute Gasteiger partial charge is 0.242 e. The molecule has 2 aromatic rings. The van der Waals surface area contributed by atoms with Crippen LogP contribution in [-0.4, -0.2) is 44.1 Å². The van der Waals surface area contributed by atoms with Gasteiger partial charge >= 0.3 is 0 Å². The molecule has 3 atom stereocenters. The fourth-order valence-corrected chi connectivity index (χ4v) is 5.06. The number of hydrogen-bond donors (Lipinski definition) is 6. The van der Waals surface area contributed by atoms with Crippen molar-refractivity contribution in [3.63, 3.8) is 0 Å². The standard InChI is InChI=1S/C26H36N6O5S/c1-3-17(2)23(32-38(36,37)16-19-7-5-4-6-8-19)26(35)31-21(13-14-22(27)33)25(34)30-15-18-9-11-20(12-10-18)24(28)29/h4-12,17,21,23,32H,3,13-16H2,1-2H3,(H2,27,33)(H3,28,29)(H,30,34)(H,31,35)/t17-,21-,23+/m0/s1. The predicted octanol–water partition coefficient (Wildman–Crippen LogP) is 0.871. The van der Waals surface area contributed by atoms with Gasteiger partial charge in [-0.3, -0.25) is 19.8 Å². The molecule has 0 radical (unpaired) electrons. The van der Waals surface area contributed by atoms with E-state index in [0.29, 0.717) is 17.5 Å². The van der Waals surface area contributed by atoms with Gasteiger partial charge in [0.05, 0.1) is 5.75 Å². The van der Waals surface area contributed by atoms with E-state index in [0.717, 1.165) is 5.56 Å². The summed E-state index contributed by atoms with van der Waals surface area (Å²) in [5, 5.41) is 12.8. The predicted molar refractivity (Wildman–Crippen MR) is 145 cm³/mol. The van der Waals surface area contributed by atoms with E-state index in [2.05, 4.69) is 15.4 Å². The number of sulfonamides is 1. The van der Waals surface area contributed by atoms with Gasteiger partial charge in [-0.2, -0.15) is 0 Å². The van der Waals surface area contributed by atoms with Crippen LogP contribution in [0.15, 0.2) is 54.6 Å². The molecular formula is C26H36N6O5S. The minimum atomic E-state index is -3.88. The van der Waals surface area contributed by atoms with E-state index in [4.69, 9.17) is 16.9 Å². The second kappa shape index (κ2) is 14.2. The Hall–Kier alpha value is -3.77. The van der Waals surface area contributed by atoms with Gasteiger partial charge in [-0.15, -0.1) is 0 Å². The van der Waals surface area contributed by atoms with Gasteiger partial charge in [-0.1, -0.05) is 74.9 Å². The van der Waals surface area contributed by atoms with E-state index >= 15 is 0 Å². The number of nitrogens with one attached hydrogen (secondary N) is 4.